The first kappa shape index (κ1) is 13.4. The topological polar surface area (TPSA) is 0 Å². The second-order valence-corrected chi connectivity index (χ2v) is 1.81. The zero-order chi connectivity index (χ0) is 6.53. The van der Waals surface area contributed by atoms with Gasteiger partial charge < -0.3 is 17.0 Å². The molecule has 62 valence electrons. The molecule has 0 aliphatic heterocycles. The van der Waals surface area contributed by atoms with Crippen molar-refractivity contribution in [1.29, 1.82) is 0 Å². The van der Waals surface area contributed by atoms with Crippen LogP contribution in [-0.4, -0.2) is 0 Å². The predicted octanol–water partition coefficient (Wildman–Crippen LogP) is -0.465. The van der Waals surface area contributed by atoms with Gasteiger partial charge in [-0.3, -0.25) is 0 Å². The third kappa shape index (κ3) is 5.11. The van der Waals surface area contributed by atoms with E-state index in [1.165, 1.54) is 5.56 Å². The summed E-state index contributed by atoms with van der Waals surface area (Å²) in [5, 5.41) is 0. The molecule has 1 aromatic carbocycles. The zero-order valence-corrected chi connectivity index (χ0v) is 8.52. The number of allylic oxidation sites excluding steroid dienone is 1. The molecular formula is C9H9BrNi. The maximum atomic E-state index is 3.60. The summed E-state index contributed by atoms with van der Waals surface area (Å²) in [5.41, 5.74) is 1.20. The van der Waals surface area contributed by atoms with E-state index in [1.54, 1.807) is 6.08 Å². The van der Waals surface area contributed by atoms with E-state index in [0.29, 0.717) is 0 Å². The minimum atomic E-state index is 0. The summed E-state index contributed by atoms with van der Waals surface area (Å²) in [6, 6.07) is 10.1. The van der Waals surface area contributed by atoms with E-state index in [-0.39, 0.29) is 33.5 Å². The van der Waals surface area contributed by atoms with Gasteiger partial charge in [-0.2, -0.15) is 0 Å². The molecule has 0 atom stereocenters. The molecule has 1 aromatic rings. The fraction of sp³-hybridized carbons (Fsp3) is 0. The normalized spacial score (nSPS) is 8.36. The Kier molecular flexibility index (Phi) is 9.63. The van der Waals surface area contributed by atoms with Crippen LogP contribution in [0.15, 0.2) is 36.4 Å². The Hall–Kier alpha value is -0.196. The van der Waals surface area contributed by atoms with Crippen molar-refractivity contribution >= 4 is 6.08 Å². The van der Waals surface area contributed by atoms with Crippen LogP contribution in [0.2, 0.25) is 0 Å². The van der Waals surface area contributed by atoms with E-state index in [0.717, 1.165) is 0 Å². The van der Waals surface area contributed by atoms with Crippen molar-refractivity contribution < 1.29 is 33.5 Å². The maximum absolute atomic E-state index is 3.60. The summed E-state index contributed by atoms with van der Waals surface area (Å²) in [6.07, 6.45) is 3.76. The van der Waals surface area contributed by atoms with Crippen LogP contribution in [0.1, 0.15) is 5.56 Å². The third-order valence-electron chi connectivity index (χ3n) is 1.11. The van der Waals surface area contributed by atoms with Gasteiger partial charge in [-0.1, -0.05) is 30.3 Å². The second kappa shape index (κ2) is 7.91. The average Bonchev–Trinajstić information content (AvgIpc) is 1.91. The molecule has 0 saturated carbocycles. The van der Waals surface area contributed by atoms with Crippen molar-refractivity contribution in [1.82, 2.24) is 0 Å². The smallest absolute Gasteiger partial charge is 1.00 e. The first-order valence-corrected chi connectivity index (χ1v) is 2.94. The van der Waals surface area contributed by atoms with Crippen LogP contribution in [-0.2, 0) is 16.5 Å². The monoisotopic (exact) mass is 254 g/mol. The van der Waals surface area contributed by atoms with Crippen molar-refractivity contribution in [3.05, 3.63) is 48.9 Å². The van der Waals surface area contributed by atoms with Gasteiger partial charge in [0, 0.05) is 0 Å². The molecule has 0 amide bonds. The quantitative estimate of drug-likeness (QED) is 0.471. The summed E-state index contributed by atoms with van der Waals surface area (Å²) in [6.45, 7) is 3.60. The van der Waals surface area contributed by atoms with E-state index >= 15 is 0 Å². The van der Waals surface area contributed by atoms with Crippen LogP contribution in [0.3, 0.4) is 0 Å². The van der Waals surface area contributed by atoms with Gasteiger partial charge in [0.05, 0.1) is 0 Å². The molecule has 2 heteroatoms. The summed E-state index contributed by atoms with van der Waals surface area (Å²) in [4.78, 5) is 0. The van der Waals surface area contributed by atoms with Gasteiger partial charge in [-0.05, 0) is 0 Å². The van der Waals surface area contributed by atoms with Gasteiger partial charge in [0.25, 0.3) is 0 Å². The van der Waals surface area contributed by atoms with Crippen molar-refractivity contribution in [2.75, 3.05) is 0 Å². The first-order valence-electron chi connectivity index (χ1n) is 2.94. The number of hydrogen-bond acceptors (Lipinski definition) is 0. The Morgan fingerprint density at radius 2 is 1.64 bits per heavy atom. The van der Waals surface area contributed by atoms with Crippen LogP contribution < -0.4 is 17.0 Å². The third-order valence-corrected chi connectivity index (χ3v) is 1.11. The average molecular weight is 256 g/mol. The first-order chi connectivity index (χ1) is 4.43. The zero-order valence-electron chi connectivity index (χ0n) is 5.94. The molecular weight excluding hydrogens is 247 g/mol. The Morgan fingerprint density at radius 3 is 2.09 bits per heavy atom. The Morgan fingerprint density at radius 1 is 1.09 bits per heavy atom. The number of rotatable bonds is 1. The van der Waals surface area contributed by atoms with Gasteiger partial charge in [-0.25, -0.2) is 19.1 Å². The minimum absolute atomic E-state index is 0. The second-order valence-electron chi connectivity index (χ2n) is 1.81. The van der Waals surface area contributed by atoms with Gasteiger partial charge in [0.2, 0.25) is 0 Å². The van der Waals surface area contributed by atoms with Gasteiger partial charge in [0.15, 0.2) is 0 Å². The largest absolute Gasteiger partial charge is 2.00 e. The number of hydrogen-bond donors (Lipinski definition) is 0. The van der Waals surface area contributed by atoms with E-state index in [2.05, 4.69) is 6.92 Å². The van der Waals surface area contributed by atoms with Crippen LogP contribution in [0.5, 0.6) is 0 Å². The minimum Gasteiger partial charge on any atom is -1.00 e. The van der Waals surface area contributed by atoms with Crippen molar-refractivity contribution in [3.63, 3.8) is 0 Å². The number of benzene rings is 1. The maximum Gasteiger partial charge on any atom is 2.00 e. The van der Waals surface area contributed by atoms with E-state index in [1.807, 2.05) is 36.4 Å². The fourth-order valence-electron chi connectivity index (χ4n) is 0.700. The molecule has 0 fully saturated rings. The molecule has 0 N–H and O–H groups in total. The predicted molar refractivity (Wildman–Crippen MR) is 40.8 cm³/mol. The van der Waals surface area contributed by atoms with Crippen LogP contribution >= 0.6 is 0 Å². The molecule has 0 aromatic heterocycles. The number of halogens is 1. The SMILES string of the molecule is [Br-].[CH2-]C=Cc1ccccc1.[Ni+2]. The Labute approximate surface area is 88.4 Å². The van der Waals surface area contributed by atoms with Crippen LogP contribution in [0, 0.1) is 6.92 Å². The van der Waals surface area contributed by atoms with Gasteiger partial charge >= 0.3 is 16.5 Å². The van der Waals surface area contributed by atoms with Crippen LogP contribution in [0.25, 0.3) is 6.08 Å². The van der Waals surface area contributed by atoms with Gasteiger partial charge in [0.1, 0.15) is 0 Å². The fourth-order valence-corrected chi connectivity index (χ4v) is 0.700. The van der Waals surface area contributed by atoms with Gasteiger partial charge in [-0.15, -0.1) is 5.56 Å². The summed E-state index contributed by atoms with van der Waals surface area (Å²) >= 11 is 0. The molecule has 0 heterocycles. The van der Waals surface area contributed by atoms with Crippen molar-refractivity contribution in [2.24, 2.45) is 0 Å². The molecule has 0 saturated heterocycles. The van der Waals surface area contributed by atoms with Crippen molar-refractivity contribution in [2.45, 2.75) is 0 Å². The molecule has 11 heavy (non-hydrogen) atoms. The van der Waals surface area contributed by atoms with Crippen LogP contribution in [0.4, 0.5) is 0 Å². The van der Waals surface area contributed by atoms with E-state index < -0.39 is 0 Å². The molecule has 0 aliphatic carbocycles. The summed E-state index contributed by atoms with van der Waals surface area (Å²) in [5.74, 6) is 0. The van der Waals surface area contributed by atoms with E-state index in [9.17, 15) is 0 Å². The molecule has 0 unspecified atom stereocenters. The van der Waals surface area contributed by atoms with E-state index in [4.69, 9.17) is 0 Å². The molecule has 1 rings (SSSR count). The molecule has 0 bridgehead atoms. The molecule has 0 nitrogen and oxygen atoms in total. The molecule has 0 spiro atoms. The Bertz CT molecular complexity index is 194. The standard InChI is InChI=1S/C9H9.BrH.Ni/c1-2-6-9-7-4-3-5-8-9;;/h2-8H,1H2;1H;/q-1;;+2/p-1. The van der Waals surface area contributed by atoms with Crippen molar-refractivity contribution in [3.8, 4) is 0 Å². The Balaban J connectivity index is 0. The summed E-state index contributed by atoms with van der Waals surface area (Å²) in [7, 11) is 0. The molecule has 0 aliphatic rings. The summed E-state index contributed by atoms with van der Waals surface area (Å²) < 4.78 is 0. The molecule has 0 radical (unpaired) electrons.